The molecule has 3 aromatic rings. The molecule has 2 saturated heterocycles. The number of piperidine rings is 1. The van der Waals surface area contributed by atoms with Crippen LogP contribution in [0.3, 0.4) is 0 Å². The topological polar surface area (TPSA) is 83.0 Å². The molecule has 0 radical (unpaired) electrons. The fourth-order valence-corrected chi connectivity index (χ4v) is 5.07. The molecule has 7 nitrogen and oxygen atoms in total. The van der Waals surface area contributed by atoms with Crippen molar-refractivity contribution < 1.29 is 18.0 Å². The molecule has 0 saturated carbocycles. The van der Waals surface area contributed by atoms with E-state index in [1.54, 1.807) is 12.4 Å². The number of anilines is 3. The average Bonchev–Trinajstić information content (AvgIpc) is 3.25. The standard InChI is InChI=1S/C25H25F3N6O/c1-16-10-17(12-19(11-16)32-23-31-8-4-21(33-23)25(26,27)28)18-13-20(15-29-14-18)34-9-3-6-24(34)5-2-7-30-22(24)35/h4,8,10-15H,2-3,5-7,9H2,1H3,(H,30,35)(H,31,32,33). The second-order valence-corrected chi connectivity index (χ2v) is 9.05. The number of nitrogens with one attached hydrogen (secondary N) is 2. The average molecular weight is 483 g/mol. The van der Waals surface area contributed by atoms with E-state index >= 15 is 0 Å². The lowest BCUT2D eigenvalue weighted by molar-refractivity contribution is -0.141. The molecule has 2 aliphatic heterocycles. The first kappa shape index (κ1) is 23.1. The Bertz CT molecular complexity index is 1260. The normalized spacial score (nSPS) is 20.2. The fourth-order valence-electron chi connectivity index (χ4n) is 5.07. The monoisotopic (exact) mass is 482 g/mol. The second kappa shape index (κ2) is 8.83. The molecule has 1 amide bonds. The number of aryl methyl sites for hydroxylation is 1. The third kappa shape index (κ3) is 4.52. The van der Waals surface area contributed by atoms with Gasteiger partial charge in [-0.25, -0.2) is 9.97 Å². The zero-order valence-electron chi connectivity index (χ0n) is 19.2. The van der Waals surface area contributed by atoms with Crippen molar-refractivity contribution in [1.82, 2.24) is 20.3 Å². The Morgan fingerprint density at radius 2 is 1.91 bits per heavy atom. The van der Waals surface area contributed by atoms with Crippen LogP contribution in [0.5, 0.6) is 0 Å². The van der Waals surface area contributed by atoms with Crippen LogP contribution in [0.25, 0.3) is 11.1 Å². The number of carbonyl (C=O) groups is 1. The van der Waals surface area contributed by atoms with Crippen molar-refractivity contribution >= 4 is 23.2 Å². The van der Waals surface area contributed by atoms with E-state index < -0.39 is 17.4 Å². The van der Waals surface area contributed by atoms with Crippen molar-refractivity contribution in [2.24, 2.45) is 0 Å². The number of hydrogen-bond donors (Lipinski definition) is 2. The Morgan fingerprint density at radius 1 is 1.09 bits per heavy atom. The first-order valence-electron chi connectivity index (χ1n) is 11.5. The van der Waals surface area contributed by atoms with E-state index in [1.165, 1.54) is 0 Å². The third-order valence-corrected chi connectivity index (χ3v) is 6.61. The van der Waals surface area contributed by atoms with Gasteiger partial charge >= 0.3 is 6.18 Å². The summed E-state index contributed by atoms with van der Waals surface area (Å²) in [6.07, 6.45) is 3.57. The van der Waals surface area contributed by atoms with E-state index in [0.29, 0.717) is 12.2 Å². The van der Waals surface area contributed by atoms with Crippen LogP contribution in [0.15, 0.2) is 48.9 Å². The summed E-state index contributed by atoms with van der Waals surface area (Å²) in [4.78, 5) is 27.0. The predicted molar refractivity (Wildman–Crippen MR) is 126 cm³/mol. The van der Waals surface area contributed by atoms with Gasteiger partial charge in [-0.2, -0.15) is 13.2 Å². The minimum Gasteiger partial charge on any atom is -0.356 e. The number of amides is 1. The molecule has 1 unspecified atom stereocenters. The van der Waals surface area contributed by atoms with Crippen LogP contribution >= 0.6 is 0 Å². The maximum Gasteiger partial charge on any atom is 0.433 e. The fraction of sp³-hybridized carbons (Fsp3) is 0.360. The minimum atomic E-state index is -4.55. The van der Waals surface area contributed by atoms with E-state index in [2.05, 4.69) is 30.5 Å². The van der Waals surface area contributed by atoms with Gasteiger partial charge in [-0.3, -0.25) is 9.78 Å². The first-order valence-corrected chi connectivity index (χ1v) is 11.5. The molecule has 4 heterocycles. The molecule has 182 valence electrons. The molecule has 2 fully saturated rings. The number of pyridine rings is 1. The summed E-state index contributed by atoms with van der Waals surface area (Å²) in [5.74, 6) is -0.0552. The molecule has 1 spiro atoms. The molecule has 35 heavy (non-hydrogen) atoms. The SMILES string of the molecule is Cc1cc(Nc2nccc(C(F)(F)F)n2)cc(-c2cncc(N3CCCC34CCCNC4=O)c2)c1. The van der Waals surface area contributed by atoms with Crippen molar-refractivity contribution in [3.63, 3.8) is 0 Å². The van der Waals surface area contributed by atoms with Crippen molar-refractivity contribution in [1.29, 1.82) is 0 Å². The number of halogens is 3. The van der Waals surface area contributed by atoms with E-state index in [9.17, 15) is 18.0 Å². The molecule has 0 bridgehead atoms. The van der Waals surface area contributed by atoms with Crippen LogP contribution in [0.1, 0.15) is 36.9 Å². The van der Waals surface area contributed by atoms with Gasteiger partial charge in [0, 0.05) is 36.7 Å². The third-order valence-electron chi connectivity index (χ3n) is 6.61. The van der Waals surface area contributed by atoms with Gasteiger partial charge < -0.3 is 15.5 Å². The van der Waals surface area contributed by atoms with E-state index in [4.69, 9.17) is 0 Å². The number of nitrogens with zero attached hydrogens (tertiary/aromatic N) is 4. The summed E-state index contributed by atoms with van der Waals surface area (Å²) in [5, 5.41) is 5.90. The quantitative estimate of drug-likeness (QED) is 0.553. The molecular formula is C25H25F3N6O. The highest BCUT2D eigenvalue weighted by Crippen LogP contribution is 2.40. The second-order valence-electron chi connectivity index (χ2n) is 9.05. The summed E-state index contributed by atoms with van der Waals surface area (Å²) >= 11 is 0. The summed E-state index contributed by atoms with van der Waals surface area (Å²) in [5.41, 5.74) is 2.51. The smallest absolute Gasteiger partial charge is 0.356 e. The first-order chi connectivity index (χ1) is 16.7. The maximum absolute atomic E-state index is 13.0. The van der Waals surface area contributed by atoms with Crippen molar-refractivity contribution in [3.05, 3.63) is 60.2 Å². The van der Waals surface area contributed by atoms with Gasteiger partial charge in [-0.1, -0.05) is 6.07 Å². The lowest BCUT2D eigenvalue weighted by Crippen LogP contribution is -2.59. The zero-order chi connectivity index (χ0) is 24.6. The maximum atomic E-state index is 13.0. The number of hydrogen-bond acceptors (Lipinski definition) is 6. The van der Waals surface area contributed by atoms with Gasteiger partial charge in [0.05, 0.1) is 11.9 Å². The highest BCUT2D eigenvalue weighted by atomic mass is 19.4. The predicted octanol–water partition coefficient (Wildman–Crippen LogP) is 4.86. The van der Waals surface area contributed by atoms with Gasteiger partial charge in [0.15, 0.2) is 0 Å². The summed E-state index contributed by atoms with van der Waals surface area (Å²) in [6.45, 7) is 3.40. The van der Waals surface area contributed by atoms with Crippen LogP contribution < -0.4 is 15.5 Å². The Morgan fingerprint density at radius 3 is 2.71 bits per heavy atom. The summed E-state index contributed by atoms with van der Waals surface area (Å²) in [7, 11) is 0. The van der Waals surface area contributed by atoms with Gasteiger partial charge in [0.25, 0.3) is 0 Å². The Kier molecular flexibility index (Phi) is 5.82. The van der Waals surface area contributed by atoms with Gasteiger partial charge in [-0.05, 0) is 68.0 Å². The number of rotatable bonds is 4. The molecule has 2 aromatic heterocycles. The van der Waals surface area contributed by atoms with Crippen LogP contribution in [0.2, 0.25) is 0 Å². The Hall–Kier alpha value is -3.69. The highest BCUT2D eigenvalue weighted by molar-refractivity contribution is 5.91. The van der Waals surface area contributed by atoms with Crippen LogP contribution in [-0.2, 0) is 11.0 Å². The lowest BCUT2D eigenvalue weighted by Gasteiger charge is -2.41. The molecule has 2 aliphatic rings. The number of benzene rings is 1. The Balaban J connectivity index is 1.45. The largest absolute Gasteiger partial charge is 0.433 e. The molecule has 1 aromatic carbocycles. The van der Waals surface area contributed by atoms with Crippen LogP contribution in [-0.4, -0.2) is 39.5 Å². The number of aromatic nitrogens is 3. The molecular weight excluding hydrogens is 457 g/mol. The zero-order valence-corrected chi connectivity index (χ0v) is 19.2. The highest BCUT2D eigenvalue weighted by Gasteiger charge is 2.48. The van der Waals surface area contributed by atoms with Crippen molar-refractivity contribution in [2.45, 2.75) is 44.3 Å². The number of alkyl halides is 3. The molecule has 0 aliphatic carbocycles. The van der Waals surface area contributed by atoms with E-state index in [1.807, 2.05) is 31.2 Å². The molecule has 5 rings (SSSR count). The van der Waals surface area contributed by atoms with E-state index in [-0.39, 0.29) is 11.9 Å². The Labute approximate surface area is 200 Å². The summed E-state index contributed by atoms with van der Waals surface area (Å²) < 4.78 is 39.1. The number of carbonyl (C=O) groups excluding carboxylic acids is 1. The van der Waals surface area contributed by atoms with E-state index in [0.717, 1.165) is 66.9 Å². The summed E-state index contributed by atoms with van der Waals surface area (Å²) in [6, 6.07) is 8.46. The molecule has 10 heteroatoms. The van der Waals surface area contributed by atoms with Gasteiger partial charge in [0.2, 0.25) is 11.9 Å². The minimum absolute atomic E-state index is 0.0785. The molecule has 2 N–H and O–H groups in total. The van der Waals surface area contributed by atoms with Crippen molar-refractivity contribution in [3.8, 4) is 11.1 Å². The van der Waals surface area contributed by atoms with Gasteiger partial charge in [0.1, 0.15) is 11.2 Å². The van der Waals surface area contributed by atoms with Gasteiger partial charge in [-0.15, -0.1) is 0 Å². The van der Waals surface area contributed by atoms with Crippen molar-refractivity contribution in [2.75, 3.05) is 23.3 Å². The molecule has 1 atom stereocenters. The lowest BCUT2D eigenvalue weighted by atomic mass is 9.86. The van der Waals surface area contributed by atoms with Crippen LogP contribution in [0.4, 0.5) is 30.5 Å². The van der Waals surface area contributed by atoms with Crippen LogP contribution in [0, 0.1) is 6.92 Å².